The van der Waals surface area contributed by atoms with Gasteiger partial charge in [-0.3, -0.25) is 9.59 Å². The summed E-state index contributed by atoms with van der Waals surface area (Å²) in [5, 5.41) is 10.5. The molecule has 3 rings (SSSR count). The lowest BCUT2D eigenvalue weighted by atomic mass is 10.1. The second kappa shape index (κ2) is 6.46. The van der Waals surface area contributed by atoms with E-state index >= 15 is 0 Å². The van der Waals surface area contributed by atoms with Gasteiger partial charge in [-0.25, -0.2) is 0 Å². The smallest absolute Gasteiger partial charge is 0.223 e. The lowest BCUT2D eigenvalue weighted by Crippen LogP contribution is -2.40. The molecule has 1 N–H and O–H groups in total. The van der Waals surface area contributed by atoms with Gasteiger partial charge < -0.3 is 14.7 Å². The van der Waals surface area contributed by atoms with Gasteiger partial charge >= 0.3 is 0 Å². The van der Waals surface area contributed by atoms with E-state index in [9.17, 15) is 14.7 Å². The van der Waals surface area contributed by atoms with Crippen LogP contribution in [0.2, 0.25) is 0 Å². The van der Waals surface area contributed by atoms with Gasteiger partial charge in [0.1, 0.15) is 5.75 Å². The fourth-order valence-electron chi connectivity index (χ4n) is 2.62. The zero-order valence-corrected chi connectivity index (χ0v) is 12.9. The van der Waals surface area contributed by atoms with Gasteiger partial charge in [0.05, 0.1) is 18.8 Å². The first-order chi connectivity index (χ1) is 10.7. The van der Waals surface area contributed by atoms with Crippen LogP contribution in [0.15, 0.2) is 18.2 Å². The quantitative estimate of drug-likeness (QED) is 0.878. The maximum atomic E-state index is 12.1. The minimum Gasteiger partial charge on any atom is -0.507 e. The summed E-state index contributed by atoms with van der Waals surface area (Å²) < 4.78 is 6.19. The van der Waals surface area contributed by atoms with Crippen LogP contribution in [-0.4, -0.2) is 48.5 Å². The Labute approximate surface area is 132 Å². The molecule has 116 valence electrons. The average molecular weight is 319 g/mol. The maximum absolute atomic E-state index is 12.1. The number of fused-ring (bicyclic) bond motifs is 1. The number of hydrogen-bond acceptors (Lipinski definition) is 5. The third kappa shape index (κ3) is 2.98. The van der Waals surface area contributed by atoms with Crippen molar-refractivity contribution in [2.75, 3.05) is 26.3 Å². The van der Waals surface area contributed by atoms with E-state index in [4.69, 9.17) is 4.74 Å². The summed E-state index contributed by atoms with van der Waals surface area (Å²) >= 11 is 1.56. The van der Waals surface area contributed by atoms with Crippen molar-refractivity contribution in [3.8, 4) is 5.75 Å². The Morgan fingerprint density at radius 1 is 1.36 bits per heavy atom. The Hall–Kier alpha value is -1.92. The number of amides is 1. The molecule has 0 spiro atoms. The van der Waals surface area contributed by atoms with Crippen LogP contribution in [0.5, 0.6) is 5.75 Å². The number of aryl methyl sites for hydroxylation is 1. The average Bonchev–Trinajstić information content (AvgIpc) is 2.96. The third-order valence-corrected chi connectivity index (χ3v) is 5.00. The number of hydrogen-bond donors (Lipinski definition) is 1. The zero-order valence-electron chi connectivity index (χ0n) is 12.1. The number of benzene rings is 1. The van der Waals surface area contributed by atoms with E-state index in [1.54, 1.807) is 17.4 Å². The van der Waals surface area contributed by atoms with Gasteiger partial charge in [0.25, 0.3) is 0 Å². The number of phenolic OH excluding ortho intramolecular Hbond substituents is 1. The lowest BCUT2D eigenvalue weighted by Gasteiger charge is -2.26. The normalized spacial score (nSPS) is 15.2. The summed E-state index contributed by atoms with van der Waals surface area (Å²) in [6, 6.07) is 5.23. The van der Waals surface area contributed by atoms with Crippen molar-refractivity contribution >= 4 is 33.6 Å². The standard InChI is InChI=1S/C16H17NO4S/c18-10-13-12-9-11(22-15(12)3-2-14(13)19)1-4-16(20)17-5-7-21-8-6-17/h2-3,9-10,19H,1,4-8H2. The second-order valence-electron chi connectivity index (χ2n) is 5.23. The van der Waals surface area contributed by atoms with Crippen molar-refractivity contribution in [3.05, 3.63) is 28.6 Å². The summed E-state index contributed by atoms with van der Waals surface area (Å²) in [5.74, 6) is 0.135. The fourth-order valence-corrected chi connectivity index (χ4v) is 3.70. The van der Waals surface area contributed by atoms with Gasteiger partial charge in [-0.1, -0.05) is 0 Å². The van der Waals surface area contributed by atoms with Crippen LogP contribution in [0.4, 0.5) is 0 Å². The first-order valence-corrected chi connectivity index (χ1v) is 8.06. The fraction of sp³-hybridized carbons (Fsp3) is 0.375. The predicted octanol–water partition coefficient (Wildman–Crippen LogP) is 2.21. The van der Waals surface area contributed by atoms with E-state index in [1.165, 1.54) is 6.07 Å². The highest BCUT2D eigenvalue weighted by atomic mass is 32.1. The molecule has 1 amide bonds. The second-order valence-corrected chi connectivity index (χ2v) is 6.40. The molecule has 22 heavy (non-hydrogen) atoms. The number of aromatic hydroxyl groups is 1. The highest BCUT2D eigenvalue weighted by Crippen LogP contribution is 2.32. The predicted molar refractivity (Wildman–Crippen MR) is 84.6 cm³/mol. The maximum Gasteiger partial charge on any atom is 0.223 e. The van der Waals surface area contributed by atoms with Gasteiger partial charge in [0.2, 0.25) is 5.91 Å². The van der Waals surface area contributed by atoms with Crippen molar-refractivity contribution in [1.29, 1.82) is 0 Å². The molecule has 1 aromatic carbocycles. The monoisotopic (exact) mass is 319 g/mol. The molecule has 1 saturated heterocycles. The number of carbonyl (C=O) groups excluding carboxylic acids is 2. The highest BCUT2D eigenvalue weighted by molar-refractivity contribution is 7.19. The lowest BCUT2D eigenvalue weighted by molar-refractivity contribution is -0.135. The van der Waals surface area contributed by atoms with Gasteiger partial charge in [0, 0.05) is 34.5 Å². The molecule has 1 fully saturated rings. The van der Waals surface area contributed by atoms with Crippen LogP contribution in [0.25, 0.3) is 10.1 Å². The van der Waals surface area contributed by atoms with E-state index in [2.05, 4.69) is 0 Å². The SMILES string of the molecule is O=Cc1c(O)ccc2sc(CCC(=O)N3CCOCC3)cc12. The molecular weight excluding hydrogens is 302 g/mol. The van der Waals surface area contributed by atoms with E-state index in [0.717, 1.165) is 15.0 Å². The van der Waals surface area contributed by atoms with Crippen LogP contribution in [0, 0.1) is 0 Å². The van der Waals surface area contributed by atoms with Crippen molar-refractivity contribution in [3.63, 3.8) is 0 Å². The summed E-state index contributed by atoms with van der Waals surface area (Å²) in [6.07, 6.45) is 1.77. The summed E-state index contributed by atoms with van der Waals surface area (Å²) in [6.45, 7) is 2.54. The number of carbonyl (C=O) groups is 2. The van der Waals surface area contributed by atoms with E-state index < -0.39 is 0 Å². The van der Waals surface area contributed by atoms with Gasteiger partial charge in [-0.05, 0) is 24.6 Å². The summed E-state index contributed by atoms with van der Waals surface area (Å²) in [4.78, 5) is 26.1. The van der Waals surface area contributed by atoms with Crippen molar-refractivity contribution in [2.45, 2.75) is 12.8 Å². The molecule has 0 radical (unpaired) electrons. The largest absolute Gasteiger partial charge is 0.507 e. The number of thiophene rings is 1. The molecule has 0 atom stereocenters. The van der Waals surface area contributed by atoms with Gasteiger partial charge in [0.15, 0.2) is 6.29 Å². The molecule has 1 aliphatic heterocycles. The van der Waals surface area contributed by atoms with Gasteiger partial charge in [-0.2, -0.15) is 0 Å². The summed E-state index contributed by atoms with van der Waals surface area (Å²) in [5.41, 5.74) is 0.319. The third-order valence-electron chi connectivity index (χ3n) is 3.84. The Morgan fingerprint density at radius 3 is 2.86 bits per heavy atom. The van der Waals surface area contributed by atoms with Crippen LogP contribution < -0.4 is 0 Å². The minimum atomic E-state index is -0.00348. The number of ether oxygens (including phenoxy) is 1. The molecular formula is C16H17NO4S. The zero-order chi connectivity index (χ0) is 15.5. The number of morpholine rings is 1. The molecule has 0 aliphatic carbocycles. The van der Waals surface area contributed by atoms with Crippen LogP contribution in [-0.2, 0) is 16.0 Å². The number of rotatable bonds is 4. The molecule has 1 aliphatic rings. The number of nitrogens with zero attached hydrogens (tertiary/aromatic N) is 1. The van der Waals surface area contributed by atoms with Crippen molar-refractivity contribution in [1.82, 2.24) is 4.90 Å². The molecule has 0 unspecified atom stereocenters. The highest BCUT2D eigenvalue weighted by Gasteiger charge is 2.17. The van der Waals surface area contributed by atoms with E-state index in [1.807, 2.05) is 11.0 Å². The van der Waals surface area contributed by atoms with Gasteiger partial charge in [-0.15, -0.1) is 11.3 Å². The molecule has 2 heterocycles. The topological polar surface area (TPSA) is 66.8 Å². The molecule has 2 aromatic rings. The van der Waals surface area contributed by atoms with Crippen molar-refractivity contribution < 1.29 is 19.4 Å². The minimum absolute atomic E-state index is 0.00348. The molecule has 6 heteroatoms. The Morgan fingerprint density at radius 2 is 2.14 bits per heavy atom. The Kier molecular flexibility index (Phi) is 4.40. The van der Waals surface area contributed by atoms with E-state index in [0.29, 0.717) is 51.0 Å². The van der Waals surface area contributed by atoms with Crippen molar-refractivity contribution in [2.24, 2.45) is 0 Å². The first-order valence-electron chi connectivity index (χ1n) is 7.24. The Balaban J connectivity index is 1.71. The number of aldehydes is 1. The van der Waals surface area contributed by atoms with Crippen LogP contribution in [0.3, 0.4) is 0 Å². The molecule has 0 bridgehead atoms. The molecule has 0 saturated carbocycles. The van der Waals surface area contributed by atoms with Crippen LogP contribution >= 0.6 is 11.3 Å². The Bertz CT molecular complexity index is 703. The molecule has 5 nitrogen and oxygen atoms in total. The number of phenols is 1. The van der Waals surface area contributed by atoms with E-state index in [-0.39, 0.29) is 11.7 Å². The van der Waals surface area contributed by atoms with Crippen LogP contribution in [0.1, 0.15) is 21.7 Å². The summed E-state index contributed by atoms with van der Waals surface area (Å²) in [7, 11) is 0. The first kappa shape index (κ1) is 15.0. The molecule has 1 aromatic heterocycles.